The zero-order valence-corrected chi connectivity index (χ0v) is 13.1. The number of halogens is 1. The molecule has 2 rings (SSSR count). The first-order valence-electron chi connectivity index (χ1n) is 6.72. The van der Waals surface area contributed by atoms with Gasteiger partial charge in [0.05, 0.1) is 17.8 Å². The Bertz CT molecular complexity index is 410. The maximum Gasteiger partial charge on any atom is 0.232 e. The van der Waals surface area contributed by atoms with Crippen LogP contribution in [0.2, 0.25) is 0 Å². The van der Waals surface area contributed by atoms with Gasteiger partial charge in [-0.15, -0.1) is 0 Å². The third-order valence-electron chi connectivity index (χ3n) is 3.28. The molecular formula is C13H21BrN4O. The van der Waals surface area contributed by atoms with Crippen molar-refractivity contribution in [1.82, 2.24) is 14.9 Å². The fourth-order valence-corrected chi connectivity index (χ4v) is 2.67. The molecule has 1 aromatic rings. The number of nitrogens with one attached hydrogen (secondary N) is 1. The molecule has 0 spiro atoms. The summed E-state index contributed by atoms with van der Waals surface area (Å²) in [4.78, 5) is 11.0. The minimum atomic E-state index is 0.560. The van der Waals surface area contributed by atoms with Crippen LogP contribution in [0.25, 0.3) is 0 Å². The van der Waals surface area contributed by atoms with Gasteiger partial charge in [-0.3, -0.25) is 0 Å². The summed E-state index contributed by atoms with van der Waals surface area (Å²) in [5.74, 6) is 1.76. The molecule has 0 radical (unpaired) electrons. The topological polar surface area (TPSA) is 50.3 Å². The Balaban J connectivity index is 1.80. The van der Waals surface area contributed by atoms with Crippen LogP contribution >= 0.6 is 15.9 Å². The molecule has 0 saturated carbocycles. The Hall–Kier alpha value is -0.880. The largest absolute Gasteiger partial charge is 0.480 e. The van der Waals surface area contributed by atoms with Crippen molar-refractivity contribution in [2.75, 3.05) is 38.6 Å². The molecule has 19 heavy (non-hydrogen) atoms. The summed E-state index contributed by atoms with van der Waals surface area (Å²) in [6.07, 6.45) is 4.39. The van der Waals surface area contributed by atoms with Gasteiger partial charge >= 0.3 is 0 Å². The van der Waals surface area contributed by atoms with Gasteiger partial charge in [-0.2, -0.15) is 4.98 Å². The van der Waals surface area contributed by atoms with Gasteiger partial charge in [0.1, 0.15) is 0 Å². The Morgan fingerprint density at radius 3 is 2.89 bits per heavy atom. The summed E-state index contributed by atoms with van der Waals surface area (Å²) >= 11 is 3.34. The van der Waals surface area contributed by atoms with E-state index in [0.29, 0.717) is 17.7 Å². The fraction of sp³-hybridized carbons (Fsp3) is 0.692. The smallest absolute Gasteiger partial charge is 0.232 e. The molecule has 6 heteroatoms. The zero-order valence-electron chi connectivity index (χ0n) is 11.5. The molecular weight excluding hydrogens is 308 g/mol. The molecule has 1 saturated heterocycles. The first-order chi connectivity index (χ1) is 9.19. The number of methoxy groups -OCH3 is 1. The lowest BCUT2D eigenvalue weighted by atomic mass is 10.1. The number of aromatic nitrogens is 2. The molecule has 1 aliphatic rings. The van der Waals surface area contributed by atoms with Crippen LogP contribution < -0.4 is 10.1 Å². The van der Waals surface area contributed by atoms with Crippen molar-refractivity contribution in [2.45, 2.75) is 19.8 Å². The highest BCUT2D eigenvalue weighted by molar-refractivity contribution is 9.10. The third-order valence-corrected chi connectivity index (χ3v) is 3.83. The molecule has 1 unspecified atom stereocenters. The van der Waals surface area contributed by atoms with Crippen molar-refractivity contribution in [3.63, 3.8) is 0 Å². The Kier molecular flexibility index (Phi) is 5.39. The van der Waals surface area contributed by atoms with Crippen molar-refractivity contribution < 1.29 is 4.74 Å². The van der Waals surface area contributed by atoms with Gasteiger partial charge in [-0.1, -0.05) is 6.92 Å². The normalized spacial score (nSPS) is 17.4. The lowest BCUT2D eigenvalue weighted by Crippen LogP contribution is -2.29. The first-order valence-corrected chi connectivity index (χ1v) is 7.51. The van der Waals surface area contributed by atoms with Crippen LogP contribution in [0.3, 0.4) is 0 Å². The molecule has 1 fully saturated rings. The molecule has 1 aliphatic heterocycles. The van der Waals surface area contributed by atoms with Crippen molar-refractivity contribution >= 4 is 21.9 Å². The van der Waals surface area contributed by atoms with Crippen molar-refractivity contribution in [2.24, 2.45) is 5.92 Å². The monoisotopic (exact) mass is 328 g/mol. The van der Waals surface area contributed by atoms with E-state index in [1.165, 1.54) is 25.9 Å². The summed E-state index contributed by atoms with van der Waals surface area (Å²) < 4.78 is 5.92. The van der Waals surface area contributed by atoms with E-state index in [-0.39, 0.29) is 0 Å². The summed E-state index contributed by atoms with van der Waals surface area (Å²) in [5, 5.41) is 3.27. The maximum absolute atomic E-state index is 5.15. The van der Waals surface area contributed by atoms with E-state index in [9.17, 15) is 0 Å². The number of nitrogens with zero attached hydrogens (tertiary/aromatic N) is 3. The van der Waals surface area contributed by atoms with Gasteiger partial charge in [0, 0.05) is 13.1 Å². The van der Waals surface area contributed by atoms with Crippen LogP contribution in [-0.4, -0.2) is 48.2 Å². The highest BCUT2D eigenvalue weighted by atomic mass is 79.9. The minimum absolute atomic E-state index is 0.560. The van der Waals surface area contributed by atoms with E-state index in [4.69, 9.17) is 4.74 Å². The Morgan fingerprint density at radius 2 is 2.21 bits per heavy atom. The molecule has 5 nitrogen and oxygen atoms in total. The van der Waals surface area contributed by atoms with E-state index in [1.54, 1.807) is 13.3 Å². The molecule has 0 bridgehead atoms. The second-order valence-electron chi connectivity index (χ2n) is 5.04. The van der Waals surface area contributed by atoms with Gasteiger partial charge in [0.25, 0.3) is 0 Å². The predicted molar refractivity (Wildman–Crippen MR) is 79.6 cm³/mol. The van der Waals surface area contributed by atoms with Crippen LogP contribution in [0.4, 0.5) is 5.95 Å². The van der Waals surface area contributed by atoms with Gasteiger partial charge in [0.15, 0.2) is 0 Å². The Labute approximate surface area is 122 Å². The van der Waals surface area contributed by atoms with Crippen molar-refractivity contribution in [1.29, 1.82) is 0 Å². The summed E-state index contributed by atoms with van der Waals surface area (Å²) in [5.41, 5.74) is 0. The van der Waals surface area contributed by atoms with Gasteiger partial charge in [-0.25, -0.2) is 4.98 Å². The second-order valence-corrected chi connectivity index (χ2v) is 5.90. The fourth-order valence-electron chi connectivity index (χ4n) is 2.32. The number of likely N-dealkylation sites (tertiary alicyclic amines) is 1. The Morgan fingerprint density at radius 1 is 1.47 bits per heavy atom. The molecule has 0 amide bonds. The lowest BCUT2D eigenvalue weighted by molar-refractivity contribution is 0.294. The van der Waals surface area contributed by atoms with Crippen LogP contribution in [-0.2, 0) is 0 Å². The predicted octanol–water partition coefficient (Wildman–Crippen LogP) is 2.39. The van der Waals surface area contributed by atoms with Crippen LogP contribution in [0.5, 0.6) is 5.88 Å². The molecule has 0 aromatic carbocycles. The number of ether oxygens (including phenoxy) is 1. The summed E-state index contributed by atoms with van der Waals surface area (Å²) in [6.45, 7) is 6.75. The second kappa shape index (κ2) is 7.05. The number of rotatable bonds is 6. The van der Waals surface area contributed by atoms with Crippen LogP contribution in [0.1, 0.15) is 19.8 Å². The molecule has 106 valence electrons. The van der Waals surface area contributed by atoms with E-state index in [0.717, 1.165) is 17.6 Å². The first kappa shape index (κ1) is 14.5. The van der Waals surface area contributed by atoms with Gasteiger partial charge in [-0.05, 0) is 47.8 Å². The molecule has 2 heterocycles. The average molecular weight is 329 g/mol. The SMILES string of the molecule is COc1nc(NCC(C)CN2CCCC2)ncc1Br. The highest BCUT2D eigenvalue weighted by Crippen LogP contribution is 2.21. The highest BCUT2D eigenvalue weighted by Gasteiger charge is 2.14. The van der Waals surface area contributed by atoms with E-state index >= 15 is 0 Å². The lowest BCUT2D eigenvalue weighted by Gasteiger charge is -2.20. The van der Waals surface area contributed by atoms with Crippen LogP contribution in [0.15, 0.2) is 10.7 Å². The summed E-state index contributed by atoms with van der Waals surface area (Å²) in [6, 6.07) is 0. The quantitative estimate of drug-likeness (QED) is 0.868. The van der Waals surface area contributed by atoms with Crippen molar-refractivity contribution in [3.8, 4) is 5.88 Å². The van der Waals surface area contributed by atoms with Gasteiger partial charge in [0.2, 0.25) is 11.8 Å². The maximum atomic E-state index is 5.15. The standard InChI is InChI=1S/C13H21BrN4O/c1-10(9-18-5-3-4-6-18)7-15-13-16-8-11(14)12(17-13)19-2/h8,10H,3-7,9H2,1-2H3,(H,15,16,17). The number of hydrogen-bond donors (Lipinski definition) is 1. The average Bonchev–Trinajstić information content (AvgIpc) is 2.90. The zero-order chi connectivity index (χ0) is 13.7. The minimum Gasteiger partial charge on any atom is -0.480 e. The molecule has 1 aromatic heterocycles. The summed E-state index contributed by atoms with van der Waals surface area (Å²) in [7, 11) is 1.60. The van der Waals surface area contributed by atoms with E-state index in [2.05, 4.69) is 43.0 Å². The number of anilines is 1. The molecule has 1 N–H and O–H groups in total. The van der Waals surface area contributed by atoms with Crippen molar-refractivity contribution in [3.05, 3.63) is 10.7 Å². The van der Waals surface area contributed by atoms with Gasteiger partial charge < -0.3 is 15.0 Å². The number of hydrogen-bond acceptors (Lipinski definition) is 5. The third kappa shape index (κ3) is 4.31. The molecule has 1 atom stereocenters. The van der Waals surface area contributed by atoms with E-state index < -0.39 is 0 Å². The van der Waals surface area contributed by atoms with Crippen LogP contribution in [0, 0.1) is 5.92 Å². The van der Waals surface area contributed by atoms with E-state index in [1.807, 2.05) is 0 Å². The molecule has 0 aliphatic carbocycles.